The molecule has 0 aliphatic rings. The molecule has 4 nitrogen and oxygen atoms in total. The van der Waals surface area contributed by atoms with Crippen LogP contribution in [0.1, 0.15) is 38.3 Å². The Morgan fingerprint density at radius 1 is 1.50 bits per heavy atom. The van der Waals surface area contributed by atoms with Crippen LogP contribution >= 0.6 is 15.9 Å². The van der Waals surface area contributed by atoms with E-state index in [1.165, 1.54) is 23.9 Å². The summed E-state index contributed by atoms with van der Waals surface area (Å²) >= 11 is 3.24. The highest BCUT2D eigenvalue weighted by Gasteiger charge is 2.08. The minimum atomic E-state index is -0.153. The van der Waals surface area contributed by atoms with Crippen LogP contribution in [0.4, 0.5) is 4.79 Å². The standard InChI is InChI=1S/C11H18BrN3O/c1-3-4-5-6-7-13-11(16)15-9(2)8-10(12)14-15/h8H,3-7H2,1-2H3,(H,13,16). The Morgan fingerprint density at radius 2 is 2.25 bits per heavy atom. The number of aromatic nitrogens is 2. The van der Waals surface area contributed by atoms with Gasteiger partial charge in [0, 0.05) is 12.2 Å². The molecule has 1 rings (SSSR count). The van der Waals surface area contributed by atoms with Gasteiger partial charge in [0.1, 0.15) is 4.60 Å². The highest BCUT2D eigenvalue weighted by atomic mass is 79.9. The van der Waals surface area contributed by atoms with Crippen molar-refractivity contribution in [2.45, 2.75) is 39.5 Å². The number of halogens is 1. The summed E-state index contributed by atoms with van der Waals surface area (Å²) in [7, 11) is 0. The zero-order valence-electron chi connectivity index (χ0n) is 9.79. The summed E-state index contributed by atoms with van der Waals surface area (Å²) in [5.41, 5.74) is 0.831. The lowest BCUT2D eigenvalue weighted by Crippen LogP contribution is -2.30. The van der Waals surface area contributed by atoms with Crippen LogP contribution in [0.5, 0.6) is 0 Å². The van der Waals surface area contributed by atoms with E-state index < -0.39 is 0 Å². The third-order valence-corrected chi connectivity index (χ3v) is 2.74. The molecule has 90 valence electrons. The number of rotatable bonds is 5. The van der Waals surface area contributed by atoms with E-state index in [2.05, 4.69) is 33.3 Å². The Labute approximate surface area is 105 Å². The van der Waals surface area contributed by atoms with Crippen molar-refractivity contribution in [2.75, 3.05) is 6.54 Å². The molecule has 1 heterocycles. The molecule has 0 aromatic carbocycles. The van der Waals surface area contributed by atoms with Gasteiger partial charge in [0.15, 0.2) is 0 Å². The topological polar surface area (TPSA) is 46.9 Å². The van der Waals surface area contributed by atoms with Crippen LogP contribution < -0.4 is 5.32 Å². The van der Waals surface area contributed by atoms with E-state index in [0.29, 0.717) is 4.60 Å². The first kappa shape index (κ1) is 13.2. The predicted octanol–water partition coefficient (Wildman–Crippen LogP) is 3.09. The fourth-order valence-electron chi connectivity index (χ4n) is 1.46. The molecule has 5 heteroatoms. The van der Waals surface area contributed by atoms with Crippen LogP contribution in [-0.4, -0.2) is 22.4 Å². The molecule has 1 amide bonds. The molecule has 0 unspecified atom stereocenters. The normalized spacial score (nSPS) is 10.4. The molecule has 0 atom stereocenters. The molecule has 0 saturated heterocycles. The fourth-order valence-corrected chi connectivity index (χ4v) is 1.95. The lowest BCUT2D eigenvalue weighted by Gasteiger charge is -2.05. The van der Waals surface area contributed by atoms with Gasteiger partial charge in [-0.3, -0.25) is 0 Å². The summed E-state index contributed by atoms with van der Waals surface area (Å²) in [5, 5.41) is 6.90. The average Bonchev–Trinajstić information content (AvgIpc) is 2.57. The van der Waals surface area contributed by atoms with Crippen molar-refractivity contribution < 1.29 is 4.79 Å². The Morgan fingerprint density at radius 3 is 2.81 bits per heavy atom. The van der Waals surface area contributed by atoms with Crippen molar-refractivity contribution in [3.05, 3.63) is 16.4 Å². The SMILES string of the molecule is CCCCCCNC(=O)n1nc(Br)cc1C. The maximum Gasteiger partial charge on any atom is 0.342 e. The Kier molecular flexibility index (Phi) is 5.52. The lowest BCUT2D eigenvalue weighted by atomic mass is 10.2. The van der Waals surface area contributed by atoms with Crippen molar-refractivity contribution in [2.24, 2.45) is 0 Å². The number of hydrogen-bond acceptors (Lipinski definition) is 2. The van der Waals surface area contributed by atoms with Gasteiger partial charge in [-0.15, -0.1) is 0 Å². The molecule has 0 aliphatic heterocycles. The van der Waals surface area contributed by atoms with E-state index in [9.17, 15) is 4.79 Å². The minimum Gasteiger partial charge on any atom is -0.336 e. The number of amides is 1. The van der Waals surface area contributed by atoms with Crippen molar-refractivity contribution in [1.82, 2.24) is 15.1 Å². The second kappa shape index (κ2) is 6.68. The highest BCUT2D eigenvalue weighted by Crippen LogP contribution is 2.08. The highest BCUT2D eigenvalue weighted by molar-refractivity contribution is 9.10. The predicted molar refractivity (Wildman–Crippen MR) is 67.6 cm³/mol. The zero-order valence-corrected chi connectivity index (χ0v) is 11.4. The molecule has 1 N–H and O–H groups in total. The summed E-state index contributed by atoms with van der Waals surface area (Å²) in [6.07, 6.45) is 4.63. The van der Waals surface area contributed by atoms with E-state index in [1.54, 1.807) is 0 Å². The zero-order chi connectivity index (χ0) is 12.0. The summed E-state index contributed by atoms with van der Waals surface area (Å²) in [5.74, 6) is 0. The number of unbranched alkanes of at least 4 members (excludes halogenated alkanes) is 3. The molecule has 0 bridgehead atoms. The molecule has 0 fully saturated rings. The van der Waals surface area contributed by atoms with Crippen LogP contribution in [-0.2, 0) is 0 Å². The Hall–Kier alpha value is -0.840. The lowest BCUT2D eigenvalue weighted by molar-refractivity contribution is 0.238. The molecule has 0 aliphatic carbocycles. The van der Waals surface area contributed by atoms with Crippen molar-refractivity contribution >= 4 is 22.0 Å². The molecule has 0 spiro atoms. The van der Waals surface area contributed by atoms with Crippen molar-refractivity contribution in [3.63, 3.8) is 0 Å². The molecule has 1 aromatic heterocycles. The van der Waals surface area contributed by atoms with Gasteiger partial charge in [-0.25, -0.2) is 4.79 Å². The first-order valence-corrected chi connectivity index (χ1v) is 6.44. The van der Waals surface area contributed by atoms with Crippen LogP contribution in [0.15, 0.2) is 10.7 Å². The fraction of sp³-hybridized carbons (Fsp3) is 0.636. The largest absolute Gasteiger partial charge is 0.342 e. The Bertz CT molecular complexity index is 349. The second-order valence-electron chi connectivity index (χ2n) is 3.81. The van der Waals surface area contributed by atoms with E-state index in [0.717, 1.165) is 18.7 Å². The van der Waals surface area contributed by atoms with Crippen LogP contribution in [0.25, 0.3) is 0 Å². The number of nitrogens with zero attached hydrogens (tertiary/aromatic N) is 2. The quantitative estimate of drug-likeness (QED) is 0.846. The smallest absolute Gasteiger partial charge is 0.336 e. The van der Waals surface area contributed by atoms with Gasteiger partial charge in [-0.2, -0.15) is 9.78 Å². The molecule has 1 aromatic rings. The summed E-state index contributed by atoms with van der Waals surface area (Å²) in [6, 6.07) is 1.66. The summed E-state index contributed by atoms with van der Waals surface area (Å²) in [4.78, 5) is 11.7. The van der Waals surface area contributed by atoms with Gasteiger partial charge in [0.25, 0.3) is 0 Å². The summed E-state index contributed by atoms with van der Waals surface area (Å²) in [6.45, 7) is 4.74. The average molecular weight is 288 g/mol. The van der Waals surface area contributed by atoms with Gasteiger partial charge in [0.05, 0.1) is 0 Å². The van der Waals surface area contributed by atoms with Gasteiger partial charge in [-0.05, 0) is 35.3 Å². The van der Waals surface area contributed by atoms with Gasteiger partial charge in [0.2, 0.25) is 0 Å². The van der Waals surface area contributed by atoms with Crippen molar-refractivity contribution in [1.29, 1.82) is 0 Å². The molecular weight excluding hydrogens is 270 g/mol. The molecule has 0 saturated carbocycles. The first-order chi connectivity index (χ1) is 7.65. The number of nitrogens with one attached hydrogen (secondary N) is 1. The van der Waals surface area contributed by atoms with Crippen molar-refractivity contribution in [3.8, 4) is 0 Å². The number of hydrogen-bond donors (Lipinski definition) is 1. The molecular formula is C11H18BrN3O. The van der Waals surface area contributed by atoms with E-state index in [1.807, 2.05) is 13.0 Å². The molecule has 16 heavy (non-hydrogen) atoms. The van der Waals surface area contributed by atoms with Gasteiger partial charge in [-0.1, -0.05) is 26.2 Å². The van der Waals surface area contributed by atoms with E-state index in [-0.39, 0.29) is 6.03 Å². The number of carbonyl (C=O) groups excluding carboxylic acids is 1. The third kappa shape index (κ3) is 3.96. The maximum atomic E-state index is 11.7. The van der Waals surface area contributed by atoms with Gasteiger partial charge < -0.3 is 5.32 Å². The number of aryl methyl sites for hydroxylation is 1. The van der Waals surface area contributed by atoms with E-state index >= 15 is 0 Å². The third-order valence-electron chi connectivity index (χ3n) is 2.36. The minimum absolute atomic E-state index is 0.153. The van der Waals surface area contributed by atoms with E-state index in [4.69, 9.17) is 0 Å². The van der Waals surface area contributed by atoms with Crippen LogP contribution in [0.2, 0.25) is 0 Å². The summed E-state index contributed by atoms with van der Waals surface area (Å²) < 4.78 is 2.07. The monoisotopic (exact) mass is 287 g/mol. The Balaban J connectivity index is 2.33. The van der Waals surface area contributed by atoms with Gasteiger partial charge >= 0.3 is 6.03 Å². The number of carbonyl (C=O) groups is 1. The maximum absolute atomic E-state index is 11.7. The van der Waals surface area contributed by atoms with Crippen LogP contribution in [0.3, 0.4) is 0 Å². The molecule has 0 radical (unpaired) electrons. The second-order valence-corrected chi connectivity index (χ2v) is 4.63. The van der Waals surface area contributed by atoms with Crippen LogP contribution in [0, 0.1) is 6.92 Å². The first-order valence-electron chi connectivity index (χ1n) is 5.65.